The summed E-state index contributed by atoms with van der Waals surface area (Å²) in [4.78, 5) is 25.5. The molecule has 0 aliphatic rings. The fraction of sp³-hybridized carbons (Fsp3) is 0.484. The van der Waals surface area contributed by atoms with Crippen molar-refractivity contribution < 1.29 is 51.6 Å². The fourth-order valence-electron chi connectivity index (χ4n) is 5.46. The summed E-state index contributed by atoms with van der Waals surface area (Å²) in [6.07, 6.45) is -2.30. The minimum absolute atomic E-state index is 0.0810. The summed E-state index contributed by atoms with van der Waals surface area (Å²) in [6, 6.07) is 5.31. The summed E-state index contributed by atoms with van der Waals surface area (Å²) in [5.74, 6) is -2.32. The van der Waals surface area contributed by atoms with Crippen LogP contribution in [0.2, 0.25) is 0 Å². The summed E-state index contributed by atoms with van der Waals surface area (Å²) in [5, 5.41) is 34.0. The molecule has 1 unspecified atom stereocenters. The van der Waals surface area contributed by atoms with E-state index in [1.165, 1.54) is 14.2 Å². The van der Waals surface area contributed by atoms with E-state index in [-0.39, 0.29) is 43.0 Å². The predicted molar refractivity (Wildman–Crippen MR) is 177 cm³/mol. The Bertz CT molecular complexity index is 1690. The van der Waals surface area contributed by atoms with Crippen molar-refractivity contribution in [1.82, 2.24) is 20.0 Å². The number of ether oxygens (including phenoxy) is 2. The first-order valence-corrected chi connectivity index (χ1v) is 17.3. The van der Waals surface area contributed by atoms with Crippen LogP contribution >= 0.6 is 11.5 Å². The van der Waals surface area contributed by atoms with Crippen LogP contribution in [0, 0.1) is 23.0 Å². The number of halogens is 2. The molecule has 49 heavy (non-hydrogen) atoms. The second-order valence-electron chi connectivity index (χ2n) is 12.1. The molecule has 0 fully saturated rings. The molecule has 0 aliphatic heterocycles. The Morgan fingerprint density at radius 2 is 1.78 bits per heavy atom. The Morgan fingerprint density at radius 3 is 2.37 bits per heavy atom. The number of hydrogen-bond donors (Lipinski definition) is 5. The van der Waals surface area contributed by atoms with Crippen molar-refractivity contribution in [2.75, 3.05) is 25.1 Å². The Balaban J connectivity index is 1.92. The normalized spacial score (nSPS) is 13.6. The van der Waals surface area contributed by atoms with Gasteiger partial charge in [-0.25, -0.2) is 36.1 Å². The van der Waals surface area contributed by atoms with Crippen LogP contribution in [0.15, 0.2) is 41.6 Å². The highest BCUT2D eigenvalue weighted by atomic mass is 32.2. The first kappa shape index (κ1) is 39.2. The number of nitrogens with one attached hydrogen (secondary N) is 2. The molecule has 0 aliphatic carbocycles. The third kappa shape index (κ3) is 10.6. The first-order chi connectivity index (χ1) is 23.0. The zero-order valence-electron chi connectivity index (χ0n) is 27.6. The lowest BCUT2D eigenvalue weighted by Crippen LogP contribution is -2.44. The van der Waals surface area contributed by atoms with Gasteiger partial charge in [-0.15, -0.1) is 0 Å². The number of amides is 2. The lowest BCUT2D eigenvalue weighted by molar-refractivity contribution is 0.0497. The quantitative estimate of drug-likeness (QED) is 0.120. The van der Waals surface area contributed by atoms with E-state index in [4.69, 9.17) is 14.6 Å². The number of benzene rings is 2. The highest BCUT2D eigenvalue weighted by Crippen LogP contribution is 2.35. The number of carbonyl (C=O) groups is 2. The first-order valence-electron chi connectivity index (χ1n) is 15.1. The van der Waals surface area contributed by atoms with Crippen LogP contribution in [-0.2, 0) is 23.0 Å². The minimum atomic E-state index is -4.73. The average Bonchev–Trinajstić information content (AvgIpc) is 3.55. The zero-order valence-corrected chi connectivity index (χ0v) is 29.3. The summed E-state index contributed by atoms with van der Waals surface area (Å²) in [5.41, 5.74) is -0.350. The molecule has 270 valence electrons. The maximum atomic E-state index is 15.3. The third-order valence-electron chi connectivity index (χ3n) is 8.10. The maximum Gasteiger partial charge on any atom is 0.404 e. The van der Waals surface area contributed by atoms with Crippen molar-refractivity contribution in [3.63, 3.8) is 0 Å². The van der Waals surface area contributed by atoms with Gasteiger partial charge in [0.25, 0.3) is 10.0 Å². The lowest BCUT2D eigenvalue weighted by Gasteiger charge is -2.36. The molecular formula is C31H41F2N5O9S2. The van der Waals surface area contributed by atoms with E-state index in [0.717, 1.165) is 28.2 Å². The Labute approximate surface area is 287 Å². The summed E-state index contributed by atoms with van der Waals surface area (Å²) < 4.78 is 73.9. The van der Waals surface area contributed by atoms with E-state index >= 15 is 8.78 Å². The number of rotatable bonds is 18. The van der Waals surface area contributed by atoms with Crippen molar-refractivity contribution >= 4 is 38.9 Å². The largest absolute Gasteiger partial charge is 0.497 e. The molecule has 0 spiro atoms. The summed E-state index contributed by atoms with van der Waals surface area (Å²) in [7, 11) is -1.88. The molecule has 1 heterocycles. The van der Waals surface area contributed by atoms with E-state index in [1.54, 1.807) is 25.1 Å². The van der Waals surface area contributed by atoms with Gasteiger partial charge in [0.1, 0.15) is 34.4 Å². The number of methoxy groups -OCH3 is 2. The number of carboxylic acid groups (broad SMARTS) is 2. The molecule has 1 aromatic heterocycles. The van der Waals surface area contributed by atoms with Crippen molar-refractivity contribution in [1.29, 1.82) is 0 Å². The van der Waals surface area contributed by atoms with Crippen LogP contribution in [0.1, 0.15) is 51.2 Å². The van der Waals surface area contributed by atoms with E-state index in [2.05, 4.69) is 20.0 Å². The van der Waals surface area contributed by atoms with Gasteiger partial charge in [0, 0.05) is 47.7 Å². The van der Waals surface area contributed by atoms with Gasteiger partial charge in [-0.3, -0.25) is 0 Å². The SMILES string of the molecule is COc1ccc(CN(c2ncns2)S(=O)(=O)c2cc(CCC(O)[C@H](CC(C)(C)CCNC(=O)O)[C@@H](C)NC(=O)O)c(F)cc2F)c(OC)c1. The third-order valence-corrected chi connectivity index (χ3v) is 10.7. The number of aliphatic hydroxyl groups is 1. The molecule has 0 saturated carbocycles. The molecule has 2 amide bonds. The van der Waals surface area contributed by atoms with Crippen LogP contribution < -0.4 is 24.4 Å². The maximum absolute atomic E-state index is 15.3. The Kier molecular flexibility index (Phi) is 13.5. The second kappa shape index (κ2) is 16.9. The number of aryl methyl sites for hydroxylation is 1. The summed E-state index contributed by atoms with van der Waals surface area (Å²) in [6.45, 7) is 5.03. The van der Waals surface area contributed by atoms with Crippen LogP contribution in [0.3, 0.4) is 0 Å². The average molecular weight is 730 g/mol. The minimum Gasteiger partial charge on any atom is -0.497 e. The molecule has 2 aromatic carbocycles. The molecule has 0 bridgehead atoms. The predicted octanol–water partition coefficient (Wildman–Crippen LogP) is 4.87. The van der Waals surface area contributed by atoms with Gasteiger partial charge in [0.2, 0.25) is 5.13 Å². The molecule has 3 aromatic rings. The van der Waals surface area contributed by atoms with Gasteiger partial charge in [-0.2, -0.15) is 4.37 Å². The van der Waals surface area contributed by atoms with Crippen molar-refractivity contribution in [3.8, 4) is 11.5 Å². The fourth-order valence-corrected chi connectivity index (χ4v) is 7.69. The lowest BCUT2D eigenvalue weighted by atomic mass is 9.75. The standard InChI is InChI=1S/C31H41F2N5O9S2/c1-18(37-30(42)43)22(15-31(2,3)10-11-34-29(40)41)25(39)9-7-19-12-27(24(33)14-23(19)32)49(44,45)38(28-35-17-36-48-28)16-20-6-8-21(46-4)13-26(20)47-5/h6,8,12-14,17-18,22,25,34,37,39H,7,9-11,15-16H2,1-5H3,(H,40,41)(H,42,43)/t18-,22-,25?/m1/s1. The van der Waals surface area contributed by atoms with Crippen molar-refractivity contribution in [2.24, 2.45) is 11.3 Å². The van der Waals surface area contributed by atoms with E-state index < -0.39 is 62.2 Å². The monoisotopic (exact) mass is 729 g/mol. The Morgan fingerprint density at radius 1 is 1.06 bits per heavy atom. The zero-order chi connectivity index (χ0) is 36.5. The van der Waals surface area contributed by atoms with E-state index in [1.807, 2.05) is 13.8 Å². The van der Waals surface area contributed by atoms with Gasteiger partial charge >= 0.3 is 12.2 Å². The van der Waals surface area contributed by atoms with E-state index in [0.29, 0.717) is 29.5 Å². The van der Waals surface area contributed by atoms with Gasteiger partial charge in [0.15, 0.2) is 0 Å². The highest BCUT2D eigenvalue weighted by Gasteiger charge is 2.34. The van der Waals surface area contributed by atoms with Gasteiger partial charge in [-0.1, -0.05) is 13.8 Å². The second-order valence-corrected chi connectivity index (χ2v) is 14.7. The van der Waals surface area contributed by atoms with Crippen LogP contribution in [0.25, 0.3) is 0 Å². The van der Waals surface area contributed by atoms with Gasteiger partial charge in [-0.05, 0) is 61.8 Å². The topological polar surface area (TPSA) is 201 Å². The molecule has 0 radical (unpaired) electrons. The number of nitrogens with zero attached hydrogens (tertiary/aromatic N) is 3. The number of anilines is 1. The molecule has 3 rings (SSSR count). The molecular weight excluding hydrogens is 688 g/mol. The molecule has 5 N–H and O–H groups in total. The molecule has 3 atom stereocenters. The van der Waals surface area contributed by atoms with Gasteiger partial charge in [0.05, 0.1) is 26.9 Å². The summed E-state index contributed by atoms with van der Waals surface area (Å²) >= 11 is 0.751. The molecule has 0 saturated heterocycles. The van der Waals surface area contributed by atoms with E-state index in [9.17, 15) is 28.2 Å². The van der Waals surface area contributed by atoms with Gasteiger partial charge < -0.3 is 35.4 Å². The Hall–Kier alpha value is -4.29. The molecule has 14 nitrogen and oxygen atoms in total. The number of hydrogen-bond acceptors (Lipinski definition) is 10. The van der Waals surface area contributed by atoms with Crippen molar-refractivity contribution in [3.05, 3.63) is 59.4 Å². The molecule has 18 heteroatoms. The van der Waals surface area contributed by atoms with Crippen molar-refractivity contribution in [2.45, 2.75) is 70.0 Å². The highest BCUT2D eigenvalue weighted by molar-refractivity contribution is 7.93. The number of sulfonamides is 1. The van der Waals surface area contributed by atoms with Crippen LogP contribution in [-0.4, -0.2) is 78.2 Å². The number of aliphatic hydroxyl groups excluding tert-OH is 1. The number of aromatic nitrogens is 2. The van der Waals surface area contributed by atoms with Crippen LogP contribution in [0.5, 0.6) is 11.5 Å². The van der Waals surface area contributed by atoms with Crippen LogP contribution in [0.4, 0.5) is 23.5 Å². The smallest absolute Gasteiger partial charge is 0.404 e.